The van der Waals surface area contributed by atoms with Gasteiger partial charge >= 0.3 is 0 Å². The Morgan fingerprint density at radius 2 is 1.57 bits per heavy atom. The van der Waals surface area contributed by atoms with Gasteiger partial charge in [0.25, 0.3) is 0 Å². The van der Waals surface area contributed by atoms with Crippen molar-refractivity contribution in [1.29, 1.82) is 0 Å². The van der Waals surface area contributed by atoms with Crippen molar-refractivity contribution in [2.75, 3.05) is 6.26 Å². The normalized spacial score (nSPS) is 11.5. The van der Waals surface area contributed by atoms with Gasteiger partial charge in [-0.25, -0.2) is 8.42 Å². The summed E-state index contributed by atoms with van der Waals surface area (Å²) in [5.74, 6) is 1.55. The molecule has 0 amide bonds. The number of phenols is 1. The van der Waals surface area contributed by atoms with Crippen LogP contribution in [0.25, 0.3) is 21.9 Å². The molecule has 0 aliphatic rings. The minimum atomic E-state index is -3.27. The van der Waals surface area contributed by atoms with E-state index in [2.05, 4.69) is 6.92 Å². The minimum absolute atomic E-state index is 0.186. The quantitative estimate of drug-likeness (QED) is 0.434. The molecule has 152 valence electrons. The Morgan fingerprint density at radius 3 is 2.20 bits per heavy atom. The van der Waals surface area contributed by atoms with Crippen LogP contribution >= 0.6 is 0 Å². The summed E-state index contributed by atoms with van der Waals surface area (Å²) in [6.45, 7) is 2.10. The minimum Gasteiger partial charge on any atom is -0.508 e. The van der Waals surface area contributed by atoms with Crippen molar-refractivity contribution in [3.05, 3.63) is 84.4 Å². The number of rotatable bonds is 5. The zero-order valence-electron chi connectivity index (χ0n) is 16.8. The molecule has 0 aliphatic carbocycles. The van der Waals surface area contributed by atoms with Crippen LogP contribution in [-0.2, 0) is 16.3 Å². The second-order valence-electron chi connectivity index (χ2n) is 7.24. The lowest BCUT2D eigenvalue weighted by Gasteiger charge is -2.15. The fourth-order valence-corrected chi connectivity index (χ4v) is 4.05. The van der Waals surface area contributed by atoms with Gasteiger partial charge in [-0.15, -0.1) is 0 Å². The molecule has 1 N–H and O–H groups in total. The van der Waals surface area contributed by atoms with Crippen molar-refractivity contribution >= 4 is 20.6 Å². The lowest BCUT2D eigenvalue weighted by Crippen LogP contribution is -1.96. The maximum atomic E-state index is 11.8. The van der Waals surface area contributed by atoms with Gasteiger partial charge in [-0.3, -0.25) is 0 Å². The van der Waals surface area contributed by atoms with E-state index in [0.29, 0.717) is 11.5 Å². The Balaban J connectivity index is 1.86. The van der Waals surface area contributed by atoms with Crippen LogP contribution in [0.3, 0.4) is 0 Å². The van der Waals surface area contributed by atoms with Gasteiger partial charge in [0, 0.05) is 17.2 Å². The Bertz CT molecular complexity index is 1310. The Hall–Kier alpha value is -3.31. The van der Waals surface area contributed by atoms with E-state index < -0.39 is 9.84 Å². The number of aromatic hydroxyl groups is 1. The highest BCUT2D eigenvalue weighted by Gasteiger charge is 2.14. The third-order valence-electron chi connectivity index (χ3n) is 5.10. The topological polar surface area (TPSA) is 63.6 Å². The highest BCUT2D eigenvalue weighted by Crippen LogP contribution is 2.40. The summed E-state index contributed by atoms with van der Waals surface area (Å²) in [5, 5.41) is 11.6. The van der Waals surface area contributed by atoms with E-state index >= 15 is 0 Å². The van der Waals surface area contributed by atoms with E-state index in [-0.39, 0.29) is 10.6 Å². The van der Waals surface area contributed by atoms with Crippen molar-refractivity contribution in [2.24, 2.45) is 0 Å². The molecule has 30 heavy (non-hydrogen) atoms. The first-order chi connectivity index (χ1) is 14.3. The van der Waals surface area contributed by atoms with Crippen molar-refractivity contribution in [3.63, 3.8) is 0 Å². The van der Waals surface area contributed by atoms with Crippen LogP contribution in [0.15, 0.2) is 83.8 Å². The molecular weight excluding hydrogens is 396 g/mol. The van der Waals surface area contributed by atoms with Gasteiger partial charge in [-0.1, -0.05) is 37.3 Å². The smallest absolute Gasteiger partial charge is 0.175 e. The molecule has 4 aromatic rings. The summed E-state index contributed by atoms with van der Waals surface area (Å²) in [5.41, 5.74) is 2.91. The highest BCUT2D eigenvalue weighted by atomic mass is 32.2. The highest BCUT2D eigenvalue weighted by molar-refractivity contribution is 7.90. The lowest BCUT2D eigenvalue weighted by molar-refractivity contribution is 0.475. The molecule has 0 saturated carbocycles. The van der Waals surface area contributed by atoms with Gasteiger partial charge in [0.15, 0.2) is 9.84 Å². The lowest BCUT2D eigenvalue weighted by atomic mass is 9.99. The summed E-state index contributed by atoms with van der Waals surface area (Å²) in [6, 6.07) is 23.7. The number of benzene rings is 4. The Labute approximate surface area is 176 Å². The predicted molar refractivity (Wildman–Crippen MR) is 120 cm³/mol. The van der Waals surface area contributed by atoms with Gasteiger partial charge in [-0.2, -0.15) is 0 Å². The van der Waals surface area contributed by atoms with Crippen molar-refractivity contribution in [3.8, 4) is 28.4 Å². The number of fused-ring (bicyclic) bond motifs is 1. The van der Waals surface area contributed by atoms with Gasteiger partial charge in [-0.05, 0) is 71.5 Å². The van der Waals surface area contributed by atoms with Crippen LogP contribution < -0.4 is 4.74 Å². The maximum Gasteiger partial charge on any atom is 0.175 e. The summed E-state index contributed by atoms with van der Waals surface area (Å²) in [6.07, 6.45) is 2.14. The van der Waals surface area contributed by atoms with Gasteiger partial charge in [0.2, 0.25) is 0 Å². The van der Waals surface area contributed by atoms with Crippen molar-refractivity contribution < 1.29 is 18.3 Å². The fraction of sp³-hybridized carbons (Fsp3) is 0.120. The molecule has 5 heteroatoms. The Kier molecular flexibility index (Phi) is 5.22. The maximum absolute atomic E-state index is 11.8. The Morgan fingerprint density at radius 1 is 0.867 bits per heavy atom. The predicted octanol–water partition coefficient (Wildman–Crippen LogP) is 5.97. The second-order valence-corrected chi connectivity index (χ2v) is 9.26. The zero-order chi connectivity index (χ0) is 21.3. The van der Waals surface area contributed by atoms with E-state index in [1.807, 2.05) is 42.5 Å². The van der Waals surface area contributed by atoms with E-state index in [0.717, 1.165) is 28.3 Å². The van der Waals surface area contributed by atoms with E-state index in [1.165, 1.54) is 11.8 Å². The largest absolute Gasteiger partial charge is 0.508 e. The zero-order valence-corrected chi connectivity index (χ0v) is 17.6. The number of hydrogen-bond donors (Lipinski definition) is 1. The van der Waals surface area contributed by atoms with Crippen LogP contribution in [0, 0.1) is 0 Å². The molecule has 0 aliphatic heterocycles. The van der Waals surface area contributed by atoms with Gasteiger partial charge in [0.05, 0.1) is 4.90 Å². The average Bonchev–Trinajstić information content (AvgIpc) is 2.74. The van der Waals surface area contributed by atoms with Crippen LogP contribution in [0.2, 0.25) is 0 Å². The molecule has 0 fully saturated rings. The molecule has 0 heterocycles. The molecule has 0 unspecified atom stereocenters. The molecule has 4 aromatic carbocycles. The van der Waals surface area contributed by atoms with Crippen LogP contribution in [0.5, 0.6) is 17.2 Å². The van der Waals surface area contributed by atoms with Crippen LogP contribution in [0.1, 0.15) is 12.5 Å². The van der Waals surface area contributed by atoms with Crippen molar-refractivity contribution in [2.45, 2.75) is 18.2 Å². The number of ether oxygens (including phenoxy) is 1. The molecule has 0 aromatic heterocycles. The summed E-state index contributed by atoms with van der Waals surface area (Å²) in [4.78, 5) is 0.273. The van der Waals surface area contributed by atoms with Gasteiger partial charge in [0.1, 0.15) is 17.2 Å². The average molecular weight is 419 g/mol. The number of hydrogen-bond acceptors (Lipinski definition) is 4. The molecule has 0 spiro atoms. The molecule has 4 rings (SSSR count). The van der Waals surface area contributed by atoms with E-state index in [9.17, 15) is 13.5 Å². The SMILES string of the molecule is CCc1ccc(Oc2c(-c3ccc(S(C)(=O)=O)cc3)ccc3cc(O)ccc23)cc1. The van der Waals surface area contributed by atoms with Gasteiger partial charge < -0.3 is 9.84 Å². The second kappa shape index (κ2) is 7.84. The first-order valence-corrected chi connectivity index (χ1v) is 11.6. The molecule has 0 radical (unpaired) electrons. The fourth-order valence-electron chi connectivity index (χ4n) is 3.42. The van der Waals surface area contributed by atoms with Crippen molar-refractivity contribution in [1.82, 2.24) is 0 Å². The molecule has 4 nitrogen and oxygen atoms in total. The van der Waals surface area contributed by atoms with Crippen LogP contribution in [-0.4, -0.2) is 19.8 Å². The third-order valence-corrected chi connectivity index (χ3v) is 6.23. The number of phenolic OH excluding ortho intramolecular Hbond substituents is 1. The monoisotopic (exact) mass is 418 g/mol. The first-order valence-electron chi connectivity index (χ1n) is 9.68. The van der Waals surface area contributed by atoms with Crippen LogP contribution in [0.4, 0.5) is 0 Å². The third kappa shape index (κ3) is 4.02. The molecular formula is C25H22O4S. The number of aryl methyl sites for hydroxylation is 1. The summed E-state index contributed by atoms with van der Waals surface area (Å²) in [7, 11) is -3.27. The van der Waals surface area contributed by atoms with E-state index in [1.54, 1.807) is 36.4 Å². The molecule has 0 bridgehead atoms. The summed E-state index contributed by atoms with van der Waals surface area (Å²) >= 11 is 0. The summed E-state index contributed by atoms with van der Waals surface area (Å²) < 4.78 is 29.9. The standard InChI is InChI=1S/C25H22O4S/c1-3-17-4-10-21(11-5-17)29-25-23(14-8-19-16-20(26)9-15-24(19)25)18-6-12-22(13-7-18)30(2,27)28/h4-16,26H,3H2,1-2H3. The first kappa shape index (κ1) is 20.0. The van der Waals surface area contributed by atoms with E-state index in [4.69, 9.17) is 4.74 Å². The molecule has 0 saturated heterocycles. The molecule has 0 atom stereocenters. The number of sulfone groups is 1.